The topological polar surface area (TPSA) is 38.0 Å². The van der Waals surface area contributed by atoms with Gasteiger partial charge in [-0.05, 0) is 32.6 Å². The van der Waals surface area contributed by atoms with E-state index >= 15 is 0 Å². The van der Waals surface area contributed by atoms with E-state index in [1.54, 1.807) is 0 Å². The van der Waals surface area contributed by atoms with E-state index in [0.29, 0.717) is 18.1 Å². The Labute approximate surface area is 75.2 Å². The first-order chi connectivity index (χ1) is 5.72. The van der Waals surface area contributed by atoms with E-state index in [0.717, 1.165) is 12.8 Å². The van der Waals surface area contributed by atoms with Gasteiger partial charge in [-0.15, -0.1) is 6.58 Å². The molecule has 0 aromatic heterocycles. The Morgan fingerprint density at radius 3 is 2.92 bits per heavy atom. The molecule has 3 atom stereocenters. The summed E-state index contributed by atoms with van der Waals surface area (Å²) in [7, 11) is 0. The quantitative estimate of drug-likeness (QED) is 0.623. The summed E-state index contributed by atoms with van der Waals surface area (Å²) in [6.45, 7) is 5.93. The highest BCUT2D eigenvalue weighted by molar-refractivity contribution is 4.85. The molecule has 3 N–H and O–H groups in total. The highest BCUT2D eigenvalue weighted by atomic mass is 15.0. The summed E-state index contributed by atoms with van der Waals surface area (Å²) < 4.78 is 0. The number of hydrogen-bond donors (Lipinski definition) is 2. The van der Waals surface area contributed by atoms with Crippen LogP contribution in [0, 0.1) is 0 Å². The van der Waals surface area contributed by atoms with Crippen LogP contribution in [0.2, 0.25) is 0 Å². The van der Waals surface area contributed by atoms with E-state index in [-0.39, 0.29) is 0 Å². The maximum Gasteiger partial charge on any atom is 0.00849 e. The summed E-state index contributed by atoms with van der Waals surface area (Å²) in [6, 6.07) is 1.63. The van der Waals surface area contributed by atoms with Gasteiger partial charge in [-0.1, -0.05) is 6.08 Å². The van der Waals surface area contributed by atoms with Gasteiger partial charge in [0.05, 0.1) is 0 Å². The molecule has 0 heterocycles. The first kappa shape index (κ1) is 9.75. The second-order valence-electron chi connectivity index (χ2n) is 3.86. The van der Waals surface area contributed by atoms with Crippen LogP contribution in [0.5, 0.6) is 0 Å². The predicted molar refractivity (Wildman–Crippen MR) is 53.0 cm³/mol. The Kier molecular flexibility index (Phi) is 3.76. The monoisotopic (exact) mass is 168 g/mol. The molecule has 1 aliphatic carbocycles. The minimum atomic E-state index is 0.429. The molecule has 1 aliphatic rings. The predicted octanol–water partition coefficient (Wildman–Crippen LogP) is 1.42. The third-order valence-corrected chi connectivity index (χ3v) is 2.51. The second-order valence-corrected chi connectivity index (χ2v) is 3.86. The molecule has 0 saturated heterocycles. The Morgan fingerprint density at radius 2 is 2.42 bits per heavy atom. The third kappa shape index (κ3) is 2.95. The minimum Gasteiger partial charge on any atom is -0.328 e. The van der Waals surface area contributed by atoms with Crippen molar-refractivity contribution in [2.24, 2.45) is 5.73 Å². The fourth-order valence-electron chi connectivity index (χ4n) is 1.89. The molecular formula is C10H20N2. The molecule has 0 amide bonds. The molecule has 2 heteroatoms. The van der Waals surface area contributed by atoms with Crippen LogP contribution in [0.4, 0.5) is 0 Å². The summed E-state index contributed by atoms with van der Waals surface area (Å²) in [5.74, 6) is 0. The average Bonchev–Trinajstić information content (AvgIpc) is 2.36. The fourth-order valence-corrected chi connectivity index (χ4v) is 1.89. The molecule has 70 valence electrons. The number of nitrogens with one attached hydrogen (secondary N) is 1. The fraction of sp³-hybridized carbons (Fsp3) is 0.800. The second kappa shape index (κ2) is 4.63. The number of hydrogen-bond acceptors (Lipinski definition) is 2. The van der Waals surface area contributed by atoms with Gasteiger partial charge in [0.25, 0.3) is 0 Å². The van der Waals surface area contributed by atoms with Crippen LogP contribution < -0.4 is 11.1 Å². The van der Waals surface area contributed by atoms with Crippen molar-refractivity contribution in [3.8, 4) is 0 Å². The van der Waals surface area contributed by atoms with Crippen LogP contribution in [-0.4, -0.2) is 18.1 Å². The molecule has 12 heavy (non-hydrogen) atoms. The average molecular weight is 168 g/mol. The normalized spacial score (nSPS) is 31.8. The van der Waals surface area contributed by atoms with Crippen molar-refractivity contribution in [1.29, 1.82) is 0 Å². The van der Waals surface area contributed by atoms with Gasteiger partial charge >= 0.3 is 0 Å². The van der Waals surface area contributed by atoms with E-state index < -0.39 is 0 Å². The zero-order chi connectivity index (χ0) is 8.97. The Bertz CT molecular complexity index is 145. The van der Waals surface area contributed by atoms with Crippen LogP contribution in [0.15, 0.2) is 12.7 Å². The molecule has 1 fully saturated rings. The third-order valence-electron chi connectivity index (χ3n) is 2.51. The van der Waals surface area contributed by atoms with E-state index in [1.807, 2.05) is 6.08 Å². The number of rotatable bonds is 4. The van der Waals surface area contributed by atoms with Crippen molar-refractivity contribution in [2.75, 3.05) is 0 Å². The standard InChI is InChI=1S/C10H20N2/c1-3-4-8(2)12-10-6-5-9(11)7-10/h3,8-10,12H,1,4-7,11H2,2H3. The number of nitrogens with two attached hydrogens (primary N) is 1. The van der Waals surface area contributed by atoms with Crippen LogP contribution in [0.1, 0.15) is 32.6 Å². The largest absolute Gasteiger partial charge is 0.328 e. The molecule has 1 rings (SSSR count). The van der Waals surface area contributed by atoms with Crippen LogP contribution in [0.3, 0.4) is 0 Å². The van der Waals surface area contributed by atoms with Gasteiger partial charge in [0, 0.05) is 18.1 Å². The molecular weight excluding hydrogens is 148 g/mol. The molecule has 0 radical (unpaired) electrons. The minimum absolute atomic E-state index is 0.429. The molecule has 2 nitrogen and oxygen atoms in total. The molecule has 0 aliphatic heterocycles. The van der Waals surface area contributed by atoms with Gasteiger partial charge in [-0.2, -0.15) is 0 Å². The molecule has 0 aromatic rings. The lowest BCUT2D eigenvalue weighted by Gasteiger charge is -2.17. The molecule has 1 saturated carbocycles. The summed E-state index contributed by atoms with van der Waals surface area (Å²) in [6.07, 6.45) is 6.57. The SMILES string of the molecule is C=CCC(C)NC1CCC(N)C1. The molecule has 3 unspecified atom stereocenters. The maximum absolute atomic E-state index is 5.81. The van der Waals surface area contributed by atoms with Crippen molar-refractivity contribution in [3.63, 3.8) is 0 Å². The summed E-state index contributed by atoms with van der Waals surface area (Å²) in [4.78, 5) is 0. The van der Waals surface area contributed by atoms with Gasteiger partial charge in [0.2, 0.25) is 0 Å². The van der Waals surface area contributed by atoms with E-state index in [9.17, 15) is 0 Å². The van der Waals surface area contributed by atoms with Crippen LogP contribution in [0.25, 0.3) is 0 Å². The summed E-state index contributed by atoms with van der Waals surface area (Å²) in [5, 5.41) is 3.56. The van der Waals surface area contributed by atoms with E-state index in [2.05, 4.69) is 18.8 Å². The van der Waals surface area contributed by atoms with Crippen molar-refractivity contribution < 1.29 is 0 Å². The molecule has 0 bridgehead atoms. The lowest BCUT2D eigenvalue weighted by molar-refractivity contribution is 0.448. The van der Waals surface area contributed by atoms with Gasteiger partial charge in [0.1, 0.15) is 0 Å². The smallest absolute Gasteiger partial charge is 0.00849 e. The van der Waals surface area contributed by atoms with Gasteiger partial charge in [-0.25, -0.2) is 0 Å². The Hall–Kier alpha value is -0.340. The van der Waals surface area contributed by atoms with Crippen LogP contribution >= 0.6 is 0 Å². The van der Waals surface area contributed by atoms with Crippen LogP contribution in [-0.2, 0) is 0 Å². The first-order valence-electron chi connectivity index (χ1n) is 4.85. The lowest BCUT2D eigenvalue weighted by Crippen LogP contribution is -2.35. The van der Waals surface area contributed by atoms with E-state index in [1.165, 1.54) is 12.8 Å². The van der Waals surface area contributed by atoms with E-state index in [4.69, 9.17) is 5.73 Å². The summed E-state index contributed by atoms with van der Waals surface area (Å²) in [5.41, 5.74) is 5.81. The Balaban J connectivity index is 2.18. The van der Waals surface area contributed by atoms with Crippen molar-refractivity contribution in [3.05, 3.63) is 12.7 Å². The van der Waals surface area contributed by atoms with Crippen molar-refractivity contribution >= 4 is 0 Å². The lowest BCUT2D eigenvalue weighted by atomic mass is 10.1. The van der Waals surface area contributed by atoms with Gasteiger partial charge in [0.15, 0.2) is 0 Å². The van der Waals surface area contributed by atoms with Crippen molar-refractivity contribution in [1.82, 2.24) is 5.32 Å². The zero-order valence-electron chi connectivity index (χ0n) is 7.92. The van der Waals surface area contributed by atoms with Gasteiger partial charge in [-0.3, -0.25) is 0 Å². The maximum atomic E-state index is 5.81. The summed E-state index contributed by atoms with van der Waals surface area (Å²) >= 11 is 0. The molecule has 0 aromatic carbocycles. The van der Waals surface area contributed by atoms with Crippen molar-refractivity contribution in [2.45, 2.75) is 50.7 Å². The van der Waals surface area contributed by atoms with Gasteiger partial charge < -0.3 is 11.1 Å². The highest BCUT2D eigenvalue weighted by Gasteiger charge is 2.21. The zero-order valence-corrected chi connectivity index (χ0v) is 7.92. The Morgan fingerprint density at radius 1 is 1.67 bits per heavy atom. The molecule has 0 spiro atoms. The highest BCUT2D eigenvalue weighted by Crippen LogP contribution is 2.17. The first-order valence-corrected chi connectivity index (χ1v) is 4.85.